The van der Waals surface area contributed by atoms with Gasteiger partial charge in [-0.2, -0.15) is 0 Å². The van der Waals surface area contributed by atoms with Crippen LogP contribution in [-0.2, 0) is 6.42 Å². The van der Waals surface area contributed by atoms with E-state index in [-0.39, 0.29) is 0 Å². The molecular weight excluding hydrogens is 176 g/mol. The lowest BCUT2D eigenvalue weighted by molar-refractivity contribution is 0.254. The normalized spacial score (nSPS) is 19.7. The number of benzene rings is 1. The van der Waals surface area contributed by atoms with Crippen molar-refractivity contribution in [3.63, 3.8) is 0 Å². The molecule has 0 radical (unpaired) electrons. The van der Waals surface area contributed by atoms with E-state index in [0.29, 0.717) is 6.10 Å². The highest BCUT2D eigenvalue weighted by atomic mass is 16.5. The van der Waals surface area contributed by atoms with Gasteiger partial charge in [0.25, 0.3) is 0 Å². The zero-order chi connectivity index (χ0) is 9.71. The summed E-state index contributed by atoms with van der Waals surface area (Å²) in [5.41, 5.74) is 2.22. The third kappa shape index (κ3) is 1.03. The van der Waals surface area contributed by atoms with Gasteiger partial charge < -0.3 is 9.15 Å². The van der Waals surface area contributed by atoms with Gasteiger partial charge in [-0.3, -0.25) is 0 Å². The Balaban J connectivity index is 2.25. The van der Waals surface area contributed by atoms with E-state index in [2.05, 4.69) is 19.1 Å². The van der Waals surface area contributed by atoms with Gasteiger partial charge in [0.2, 0.25) is 0 Å². The molecule has 2 heterocycles. The largest absolute Gasteiger partial charge is 0.490 e. The summed E-state index contributed by atoms with van der Waals surface area (Å²) < 4.78 is 11.2. The first-order valence-corrected chi connectivity index (χ1v) is 4.92. The van der Waals surface area contributed by atoms with E-state index in [1.165, 1.54) is 10.9 Å². The first kappa shape index (κ1) is 7.92. The van der Waals surface area contributed by atoms with Crippen molar-refractivity contribution in [1.29, 1.82) is 0 Å². The predicted molar refractivity (Wildman–Crippen MR) is 54.7 cm³/mol. The van der Waals surface area contributed by atoms with Crippen molar-refractivity contribution in [2.45, 2.75) is 26.4 Å². The van der Waals surface area contributed by atoms with Crippen LogP contribution in [0.25, 0.3) is 11.0 Å². The summed E-state index contributed by atoms with van der Waals surface area (Å²) in [4.78, 5) is 0. The van der Waals surface area contributed by atoms with Crippen LogP contribution in [0.1, 0.15) is 18.2 Å². The van der Waals surface area contributed by atoms with Crippen molar-refractivity contribution in [3.8, 4) is 5.75 Å². The number of furan rings is 1. The molecule has 72 valence electrons. The lowest BCUT2D eigenvalue weighted by atomic mass is 10.1. The molecule has 2 heteroatoms. The third-order valence-corrected chi connectivity index (χ3v) is 2.66. The highest BCUT2D eigenvalue weighted by Gasteiger charge is 2.20. The van der Waals surface area contributed by atoms with Crippen LogP contribution in [0.4, 0.5) is 0 Å². The molecule has 0 N–H and O–H groups in total. The van der Waals surface area contributed by atoms with Crippen LogP contribution in [0, 0.1) is 6.92 Å². The van der Waals surface area contributed by atoms with Crippen molar-refractivity contribution < 1.29 is 9.15 Å². The molecule has 14 heavy (non-hydrogen) atoms. The molecule has 0 aliphatic carbocycles. The molecule has 1 aliphatic rings. The Kier molecular flexibility index (Phi) is 1.43. The fourth-order valence-corrected chi connectivity index (χ4v) is 2.09. The first-order valence-electron chi connectivity index (χ1n) is 4.92. The molecule has 0 fully saturated rings. The number of aryl methyl sites for hydroxylation is 1. The molecule has 2 nitrogen and oxygen atoms in total. The van der Waals surface area contributed by atoms with Crippen LogP contribution >= 0.6 is 0 Å². The van der Waals surface area contributed by atoms with E-state index in [0.717, 1.165) is 23.5 Å². The molecular formula is C12H12O2. The highest BCUT2D eigenvalue weighted by molar-refractivity contribution is 5.81. The zero-order valence-corrected chi connectivity index (χ0v) is 8.33. The van der Waals surface area contributed by atoms with Gasteiger partial charge in [0, 0.05) is 17.9 Å². The Morgan fingerprint density at radius 3 is 3.00 bits per heavy atom. The van der Waals surface area contributed by atoms with Crippen LogP contribution in [0.5, 0.6) is 5.75 Å². The van der Waals surface area contributed by atoms with E-state index < -0.39 is 0 Å². The average molecular weight is 188 g/mol. The van der Waals surface area contributed by atoms with Crippen molar-refractivity contribution in [2.24, 2.45) is 0 Å². The van der Waals surface area contributed by atoms with E-state index >= 15 is 0 Å². The Hall–Kier alpha value is -1.44. The second kappa shape index (κ2) is 2.53. The summed E-state index contributed by atoms with van der Waals surface area (Å²) in [7, 11) is 0. The van der Waals surface area contributed by atoms with Gasteiger partial charge in [-0.25, -0.2) is 0 Å². The summed E-state index contributed by atoms with van der Waals surface area (Å²) in [6.07, 6.45) is 1.31. The van der Waals surface area contributed by atoms with Crippen molar-refractivity contribution >= 4 is 11.0 Å². The molecule has 1 aliphatic heterocycles. The van der Waals surface area contributed by atoms with Crippen molar-refractivity contribution in [3.05, 3.63) is 29.5 Å². The minimum atomic E-state index is 0.303. The molecule has 0 saturated carbocycles. The maximum atomic E-state index is 5.66. The summed E-state index contributed by atoms with van der Waals surface area (Å²) in [5.74, 6) is 1.94. The SMILES string of the molecule is Cc1cc2cc3c(cc2o1)OC(C)C3. The smallest absolute Gasteiger partial charge is 0.137 e. The molecule has 3 rings (SSSR count). The lowest BCUT2D eigenvalue weighted by Crippen LogP contribution is -2.05. The maximum absolute atomic E-state index is 5.66. The second-order valence-electron chi connectivity index (χ2n) is 3.99. The Bertz CT molecular complexity index is 453. The van der Waals surface area contributed by atoms with Crippen molar-refractivity contribution in [2.75, 3.05) is 0 Å². The van der Waals surface area contributed by atoms with Crippen LogP contribution in [-0.4, -0.2) is 6.10 Å². The fraction of sp³-hybridized carbons (Fsp3) is 0.333. The van der Waals surface area contributed by atoms with Gasteiger partial charge in [0.05, 0.1) is 0 Å². The highest BCUT2D eigenvalue weighted by Crippen LogP contribution is 2.33. The molecule has 1 aromatic heterocycles. The molecule has 1 unspecified atom stereocenters. The summed E-state index contributed by atoms with van der Waals surface area (Å²) in [6, 6.07) is 6.24. The quantitative estimate of drug-likeness (QED) is 0.634. The minimum Gasteiger partial charge on any atom is -0.490 e. The first-order chi connectivity index (χ1) is 6.72. The number of rotatable bonds is 0. The molecule has 0 saturated heterocycles. The van der Waals surface area contributed by atoms with Crippen LogP contribution in [0.15, 0.2) is 22.6 Å². The van der Waals surface area contributed by atoms with Crippen LogP contribution < -0.4 is 4.74 Å². The second-order valence-corrected chi connectivity index (χ2v) is 3.99. The van der Waals surface area contributed by atoms with E-state index in [1.54, 1.807) is 0 Å². The van der Waals surface area contributed by atoms with Gasteiger partial charge >= 0.3 is 0 Å². The predicted octanol–water partition coefficient (Wildman–Crippen LogP) is 3.06. The molecule has 1 aromatic carbocycles. The zero-order valence-electron chi connectivity index (χ0n) is 8.33. The summed E-state index contributed by atoms with van der Waals surface area (Å²) in [6.45, 7) is 4.06. The van der Waals surface area contributed by atoms with Crippen LogP contribution in [0.3, 0.4) is 0 Å². The molecule has 2 aromatic rings. The van der Waals surface area contributed by atoms with Gasteiger partial charge in [-0.15, -0.1) is 0 Å². The van der Waals surface area contributed by atoms with E-state index in [9.17, 15) is 0 Å². The molecule has 0 bridgehead atoms. The number of ether oxygens (including phenoxy) is 1. The van der Waals surface area contributed by atoms with Crippen LogP contribution in [0.2, 0.25) is 0 Å². The Labute approximate surface area is 82.5 Å². The van der Waals surface area contributed by atoms with E-state index in [4.69, 9.17) is 9.15 Å². The fourth-order valence-electron chi connectivity index (χ4n) is 2.09. The molecule has 1 atom stereocenters. The monoisotopic (exact) mass is 188 g/mol. The van der Waals surface area contributed by atoms with Gasteiger partial charge in [0.15, 0.2) is 0 Å². The topological polar surface area (TPSA) is 22.4 Å². The van der Waals surface area contributed by atoms with Gasteiger partial charge in [-0.1, -0.05) is 0 Å². The van der Waals surface area contributed by atoms with Crippen molar-refractivity contribution in [1.82, 2.24) is 0 Å². The summed E-state index contributed by atoms with van der Waals surface area (Å²) in [5, 5.41) is 1.18. The number of hydrogen-bond donors (Lipinski definition) is 0. The molecule has 0 spiro atoms. The Morgan fingerprint density at radius 2 is 2.14 bits per heavy atom. The molecule has 0 amide bonds. The minimum absolute atomic E-state index is 0.303. The Morgan fingerprint density at radius 1 is 1.29 bits per heavy atom. The average Bonchev–Trinajstić information content (AvgIpc) is 2.59. The van der Waals surface area contributed by atoms with E-state index in [1.807, 2.05) is 13.0 Å². The number of hydrogen-bond acceptors (Lipinski definition) is 2. The van der Waals surface area contributed by atoms with Gasteiger partial charge in [-0.05, 0) is 31.5 Å². The number of fused-ring (bicyclic) bond motifs is 2. The maximum Gasteiger partial charge on any atom is 0.137 e. The lowest BCUT2D eigenvalue weighted by Gasteiger charge is -2.01. The van der Waals surface area contributed by atoms with Gasteiger partial charge in [0.1, 0.15) is 23.2 Å². The summed E-state index contributed by atoms with van der Waals surface area (Å²) >= 11 is 0. The third-order valence-electron chi connectivity index (χ3n) is 2.66. The standard InChI is InChI=1S/C12H12O2/c1-7-3-9-5-10-4-8(2)14-12(10)6-11(9)13-7/h3,5-6,8H,4H2,1-2H3.